The van der Waals surface area contributed by atoms with Crippen LogP contribution in [0.3, 0.4) is 0 Å². The number of nitrogens with zero attached hydrogens (tertiary/aromatic N) is 3. The second-order valence-electron chi connectivity index (χ2n) is 6.37. The predicted molar refractivity (Wildman–Crippen MR) is 95.9 cm³/mol. The summed E-state index contributed by atoms with van der Waals surface area (Å²) in [5.41, 5.74) is 5.02. The molecule has 25 heavy (non-hydrogen) atoms. The Labute approximate surface area is 147 Å². The molecule has 132 valence electrons. The third-order valence-corrected chi connectivity index (χ3v) is 4.75. The first-order valence-corrected chi connectivity index (χ1v) is 8.62. The van der Waals surface area contributed by atoms with Crippen LogP contribution in [0.2, 0.25) is 0 Å². The molecule has 0 saturated carbocycles. The lowest BCUT2D eigenvalue weighted by Gasteiger charge is -2.25. The van der Waals surface area contributed by atoms with E-state index >= 15 is 0 Å². The molecule has 6 heteroatoms. The average molecular weight is 340 g/mol. The van der Waals surface area contributed by atoms with E-state index in [2.05, 4.69) is 33.7 Å². The number of carbonyl (C=O) groups is 1. The fourth-order valence-electron chi connectivity index (χ4n) is 3.37. The number of carbonyl (C=O) groups excluding carboxylic acids is 1. The van der Waals surface area contributed by atoms with Crippen LogP contribution in [0, 0.1) is 6.92 Å². The third-order valence-electron chi connectivity index (χ3n) is 4.75. The maximum atomic E-state index is 11.0. The highest BCUT2D eigenvalue weighted by atomic mass is 16.5. The molecule has 1 aliphatic rings. The number of hydroxylamine groups is 1. The summed E-state index contributed by atoms with van der Waals surface area (Å²) in [5.74, 6) is -0.528. The fourth-order valence-corrected chi connectivity index (χ4v) is 3.37. The summed E-state index contributed by atoms with van der Waals surface area (Å²) in [5, 5.41) is 12.9. The van der Waals surface area contributed by atoms with Gasteiger partial charge in [0.05, 0.1) is 6.54 Å². The van der Waals surface area contributed by atoms with Crippen LogP contribution in [0.4, 0.5) is 0 Å². The number of hydrogen-bond donors (Lipinski definition) is 2. The summed E-state index contributed by atoms with van der Waals surface area (Å²) in [6.45, 7) is 5.10. The van der Waals surface area contributed by atoms with Crippen LogP contribution in [-0.4, -0.2) is 38.9 Å². The first-order chi connectivity index (χ1) is 12.2. The highest BCUT2D eigenvalue weighted by Gasteiger charge is 2.25. The molecule has 1 fully saturated rings. The molecule has 2 aromatic rings. The Hall–Kier alpha value is -2.44. The van der Waals surface area contributed by atoms with E-state index in [0.29, 0.717) is 6.04 Å². The van der Waals surface area contributed by atoms with Crippen LogP contribution >= 0.6 is 0 Å². The lowest BCUT2D eigenvalue weighted by molar-refractivity contribution is -0.124. The van der Waals surface area contributed by atoms with Gasteiger partial charge in [-0.15, -0.1) is 0 Å². The summed E-state index contributed by atoms with van der Waals surface area (Å²) >= 11 is 0. The van der Waals surface area contributed by atoms with Gasteiger partial charge < -0.3 is 0 Å². The molecule has 0 aliphatic carbocycles. The number of hydrogen-bond acceptors (Lipinski definition) is 4. The van der Waals surface area contributed by atoms with Crippen molar-refractivity contribution in [2.75, 3.05) is 13.1 Å². The molecular weight excluding hydrogens is 316 g/mol. The van der Waals surface area contributed by atoms with Gasteiger partial charge in [0.25, 0.3) is 5.91 Å². The second-order valence-corrected chi connectivity index (χ2v) is 6.37. The Morgan fingerprint density at radius 1 is 1.32 bits per heavy atom. The largest absolute Gasteiger partial charge is 0.294 e. The molecular formula is C19H24N4O2. The fraction of sp³-hybridized carbons (Fsp3) is 0.368. The summed E-state index contributed by atoms with van der Waals surface area (Å²) in [7, 11) is 0. The van der Waals surface area contributed by atoms with Crippen molar-refractivity contribution in [3.05, 3.63) is 59.4 Å². The van der Waals surface area contributed by atoms with Crippen LogP contribution in [0.25, 0.3) is 6.08 Å². The second kappa shape index (κ2) is 8.09. The van der Waals surface area contributed by atoms with Crippen molar-refractivity contribution >= 4 is 12.0 Å². The molecule has 1 amide bonds. The summed E-state index contributed by atoms with van der Waals surface area (Å²) in [4.78, 5) is 13.6. The number of benzene rings is 1. The Kier molecular flexibility index (Phi) is 5.63. The predicted octanol–water partition coefficient (Wildman–Crippen LogP) is 2.55. The molecule has 1 atom stereocenters. The Morgan fingerprint density at radius 2 is 2.12 bits per heavy atom. The van der Waals surface area contributed by atoms with Crippen molar-refractivity contribution in [3.8, 4) is 0 Å². The van der Waals surface area contributed by atoms with Crippen molar-refractivity contribution in [2.45, 2.75) is 32.4 Å². The van der Waals surface area contributed by atoms with E-state index in [-0.39, 0.29) is 0 Å². The highest BCUT2D eigenvalue weighted by molar-refractivity contribution is 5.90. The molecule has 2 heterocycles. The smallest absolute Gasteiger partial charge is 0.267 e. The van der Waals surface area contributed by atoms with Crippen molar-refractivity contribution in [1.82, 2.24) is 20.2 Å². The van der Waals surface area contributed by atoms with Crippen molar-refractivity contribution in [1.29, 1.82) is 0 Å². The molecule has 1 aromatic carbocycles. The minimum absolute atomic E-state index is 0.439. The maximum absolute atomic E-state index is 11.0. The average Bonchev–Trinajstić information content (AvgIpc) is 3.27. The Bertz CT molecular complexity index is 736. The van der Waals surface area contributed by atoms with E-state index < -0.39 is 5.91 Å². The van der Waals surface area contributed by atoms with E-state index in [1.165, 1.54) is 30.2 Å². The molecule has 3 rings (SSSR count). The van der Waals surface area contributed by atoms with Crippen molar-refractivity contribution in [2.24, 2.45) is 0 Å². The van der Waals surface area contributed by atoms with Gasteiger partial charge in [-0.25, -0.2) is 5.48 Å². The third kappa shape index (κ3) is 4.35. The molecule has 1 aromatic heterocycles. The summed E-state index contributed by atoms with van der Waals surface area (Å²) in [6.07, 6.45) is 7.22. The monoisotopic (exact) mass is 340 g/mol. The zero-order chi connectivity index (χ0) is 17.6. The van der Waals surface area contributed by atoms with E-state index in [1.54, 1.807) is 11.6 Å². The molecule has 6 nitrogen and oxygen atoms in total. The highest BCUT2D eigenvalue weighted by Crippen LogP contribution is 2.31. The van der Waals surface area contributed by atoms with Gasteiger partial charge in [0.15, 0.2) is 0 Å². The van der Waals surface area contributed by atoms with Crippen molar-refractivity contribution in [3.63, 3.8) is 0 Å². The number of rotatable bonds is 6. The normalized spacial score (nSPS) is 18.1. The topological polar surface area (TPSA) is 70.4 Å². The lowest BCUT2D eigenvalue weighted by Crippen LogP contribution is -2.27. The van der Waals surface area contributed by atoms with Crippen LogP contribution in [0.1, 0.15) is 35.7 Å². The van der Waals surface area contributed by atoms with Gasteiger partial charge in [-0.2, -0.15) is 5.10 Å². The molecule has 0 radical (unpaired) electrons. The number of aryl methyl sites for hydroxylation is 1. The minimum atomic E-state index is -0.528. The minimum Gasteiger partial charge on any atom is -0.294 e. The van der Waals surface area contributed by atoms with Gasteiger partial charge in [-0.05, 0) is 49.6 Å². The molecule has 0 spiro atoms. The van der Waals surface area contributed by atoms with E-state index in [9.17, 15) is 4.79 Å². The SMILES string of the molecule is Cc1ccnn1CCN1CCCC1c1ccc(C=CC(=O)NO)cc1. The lowest BCUT2D eigenvalue weighted by atomic mass is 10.0. The van der Waals surface area contributed by atoms with Crippen LogP contribution in [-0.2, 0) is 11.3 Å². The van der Waals surface area contributed by atoms with Gasteiger partial charge in [-0.3, -0.25) is 19.6 Å². The number of amides is 1. The van der Waals surface area contributed by atoms with Crippen LogP contribution in [0.15, 0.2) is 42.6 Å². The zero-order valence-corrected chi connectivity index (χ0v) is 14.4. The number of likely N-dealkylation sites (tertiary alicyclic amines) is 1. The Balaban J connectivity index is 1.62. The van der Waals surface area contributed by atoms with Crippen molar-refractivity contribution < 1.29 is 10.0 Å². The molecule has 1 aliphatic heterocycles. The number of aromatic nitrogens is 2. The first-order valence-electron chi connectivity index (χ1n) is 8.62. The van der Waals surface area contributed by atoms with Gasteiger partial charge in [0.2, 0.25) is 0 Å². The van der Waals surface area contributed by atoms with Crippen LogP contribution < -0.4 is 5.48 Å². The van der Waals surface area contributed by atoms with E-state index in [4.69, 9.17) is 5.21 Å². The van der Waals surface area contributed by atoms with Gasteiger partial charge in [0.1, 0.15) is 0 Å². The van der Waals surface area contributed by atoms with Gasteiger partial charge >= 0.3 is 0 Å². The molecule has 1 saturated heterocycles. The summed E-state index contributed by atoms with van der Waals surface area (Å²) in [6, 6.07) is 10.7. The maximum Gasteiger partial charge on any atom is 0.267 e. The van der Waals surface area contributed by atoms with E-state index in [1.807, 2.05) is 24.4 Å². The Morgan fingerprint density at radius 3 is 2.80 bits per heavy atom. The van der Waals surface area contributed by atoms with Crippen LogP contribution in [0.5, 0.6) is 0 Å². The van der Waals surface area contributed by atoms with Gasteiger partial charge in [0, 0.05) is 30.6 Å². The quantitative estimate of drug-likeness (QED) is 0.482. The first kappa shape index (κ1) is 17.4. The molecule has 2 N–H and O–H groups in total. The molecule has 0 bridgehead atoms. The molecule has 1 unspecified atom stereocenters. The summed E-state index contributed by atoms with van der Waals surface area (Å²) < 4.78 is 2.05. The standard InChI is InChI=1S/C19H24N4O2/c1-15-10-11-20-23(15)14-13-22-12-2-3-18(22)17-7-4-16(5-8-17)6-9-19(24)21-25/h4-11,18,25H,2-3,12-14H2,1H3,(H,21,24). The van der Waals surface area contributed by atoms with E-state index in [0.717, 1.165) is 25.2 Å². The van der Waals surface area contributed by atoms with Gasteiger partial charge in [-0.1, -0.05) is 24.3 Å². The zero-order valence-electron chi connectivity index (χ0n) is 14.4. The number of nitrogens with one attached hydrogen (secondary N) is 1.